The molecule has 1 atom stereocenters. The van der Waals surface area contributed by atoms with Gasteiger partial charge in [0, 0.05) is 0 Å². The van der Waals surface area contributed by atoms with E-state index in [1.54, 1.807) is 0 Å². The number of carbonyl (C=O) groups excluding carboxylic acids is 2. The van der Waals surface area contributed by atoms with Gasteiger partial charge in [-0.25, -0.2) is 9.59 Å². The highest BCUT2D eigenvalue weighted by Crippen LogP contribution is 2.15. The summed E-state index contributed by atoms with van der Waals surface area (Å²) in [6.45, 7) is 9.20. The van der Waals surface area contributed by atoms with Crippen molar-refractivity contribution < 1.29 is 23.8 Å². The quantitative estimate of drug-likeness (QED) is 0.300. The molecule has 5 heteroatoms. The van der Waals surface area contributed by atoms with Gasteiger partial charge >= 0.3 is 11.9 Å². The highest BCUT2D eigenvalue weighted by atomic mass is 16.6. The Morgan fingerprint density at radius 1 is 0.760 bits per heavy atom. The Labute approximate surface area is 153 Å². The number of rotatable bonds is 16. The fourth-order valence-corrected chi connectivity index (χ4v) is 2.41. The van der Waals surface area contributed by atoms with E-state index in [0.717, 1.165) is 44.4 Å². The maximum atomic E-state index is 11.5. The Balaban J connectivity index is 3.50. The first-order valence-corrected chi connectivity index (χ1v) is 9.84. The molecular weight excluding hydrogens is 320 g/mol. The Bertz CT molecular complexity index is 341. The van der Waals surface area contributed by atoms with Gasteiger partial charge in [-0.2, -0.15) is 0 Å². The Hall–Kier alpha value is -1.10. The third kappa shape index (κ3) is 17.5. The second kappa shape index (κ2) is 16.4. The molecule has 0 aromatic carbocycles. The summed E-state index contributed by atoms with van der Waals surface area (Å²) in [5.41, 5.74) is 0. The summed E-state index contributed by atoms with van der Waals surface area (Å²) in [4.78, 5) is 23.0. The molecule has 0 amide bonds. The molecule has 0 bridgehead atoms. The van der Waals surface area contributed by atoms with Gasteiger partial charge in [-0.15, -0.1) is 0 Å². The van der Waals surface area contributed by atoms with Crippen LogP contribution >= 0.6 is 0 Å². The molecule has 0 spiro atoms. The largest absolute Gasteiger partial charge is 0.464 e. The fourth-order valence-electron chi connectivity index (χ4n) is 2.41. The molecule has 0 N–H and O–H groups in total. The summed E-state index contributed by atoms with van der Waals surface area (Å²) in [5.74, 6) is 0.438. The summed E-state index contributed by atoms with van der Waals surface area (Å²) >= 11 is 0. The zero-order chi connectivity index (χ0) is 18.9. The van der Waals surface area contributed by atoms with Crippen LogP contribution in [-0.4, -0.2) is 38.4 Å². The lowest BCUT2D eigenvalue weighted by Gasteiger charge is -2.12. The van der Waals surface area contributed by atoms with E-state index in [0.29, 0.717) is 19.1 Å². The first-order chi connectivity index (χ1) is 12.0. The fraction of sp³-hybridized carbons (Fsp3) is 0.900. The van der Waals surface area contributed by atoms with Crippen LogP contribution < -0.4 is 0 Å². The highest BCUT2D eigenvalue weighted by molar-refractivity contribution is 5.73. The third-order valence-corrected chi connectivity index (χ3v) is 4.05. The minimum Gasteiger partial charge on any atom is -0.464 e. The number of hydrogen-bond donors (Lipinski definition) is 0. The second-order valence-corrected chi connectivity index (χ2v) is 7.21. The Morgan fingerprint density at radius 3 is 2.00 bits per heavy atom. The van der Waals surface area contributed by atoms with Gasteiger partial charge in [-0.1, -0.05) is 66.2 Å². The van der Waals surface area contributed by atoms with Crippen molar-refractivity contribution in [3.05, 3.63) is 0 Å². The molecule has 0 aliphatic heterocycles. The molecule has 0 heterocycles. The van der Waals surface area contributed by atoms with Crippen LogP contribution in [0.2, 0.25) is 0 Å². The van der Waals surface area contributed by atoms with Crippen LogP contribution in [0.25, 0.3) is 0 Å². The summed E-state index contributed by atoms with van der Waals surface area (Å²) in [6.07, 6.45) is 8.72. The maximum absolute atomic E-state index is 11.5. The summed E-state index contributed by atoms with van der Waals surface area (Å²) in [6, 6.07) is 0. The maximum Gasteiger partial charge on any atom is 0.332 e. The molecule has 0 saturated heterocycles. The average molecular weight is 359 g/mol. The van der Waals surface area contributed by atoms with Crippen molar-refractivity contribution in [2.45, 2.75) is 79.1 Å². The normalized spacial score (nSPS) is 12.2. The Morgan fingerprint density at radius 2 is 1.40 bits per heavy atom. The van der Waals surface area contributed by atoms with Crippen molar-refractivity contribution in [2.24, 2.45) is 11.8 Å². The minimum absolute atomic E-state index is 0.200. The zero-order valence-corrected chi connectivity index (χ0v) is 16.7. The zero-order valence-electron chi connectivity index (χ0n) is 16.7. The van der Waals surface area contributed by atoms with Crippen molar-refractivity contribution in [3.8, 4) is 0 Å². The van der Waals surface area contributed by atoms with E-state index in [1.165, 1.54) is 12.8 Å². The van der Waals surface area contributed by atoms with Crippen LogP contribution in [0.15, 0.2) is 0 Å². The van der Waals surface area contributed by atoms with Crippen LogP contribution in [0.3, 0.4) is 0 Å². The van der Waals surface area contributed by atoms with E-state index >= 15 is 0 Å². The van der Waals surface area contributed by atoms with Crippen LogP contribution in [0.4, 0.5) is 0 Å². The van der Waals surface area contributed by atoms with Gasteiger partial charge in [0.2, 0.25) is 0 Å². The summed E-state index contributed by atoms with van der Waals surface area (Å²) in [5, 5.41) is 0. The van der Waals surface area contributed by atoms with Gasteiger partial charge in [-0.05, 0) is 24.7 Å². The molecular formula is C20H38O5. The van der Waals surface area contributed by atoms with Crippen LogP contribution in [0.1, 0.15) is 79.1 Å². The van der Waals surface area contributed by atoms with E-state index in [1.807, 2.05) is 0 Å². The van der Waals surface area contributed by atoms with E-state index in [9.17, 15) is 9.59 Å². The lowest BCUT2D eigenvalue weighted by molar-refractivity contribution is -0.155. The predicted octanol–water partition coefficient (Wildman–Crippen LogP) is 4.52. The van der Waals surface area contributed by atoms with Crippen molar-refractivity contribution in [1.82, 2.24) is 0 Å². The van der Waals surface area contributed by atoms with E-state index in [4.69, 9.17) is 14.2 Å². The molecule has 25 heavy (non-hydrogen) atoms. The van der Waals surface area contributed by atoms with Crippen LogP contribution in [0, 0.1) is 11.8 Å². The van der Waals surface area contributed by atoms with Crippen molar-refractivity contribution in [1.29, 1.82) is 0 Å². The monoisotopic (exact) mass is 358 g/mol. The lowest BCUT2D eigenvalue weighted by atomic mass is 9.98. The van der Waals surface area contributed by atoms with Crippen molar-refractivity contribution in [3.63, 3.8) is 0 Å². The van der Waals surface area contributed by atoms with Gasteiger partial charge < -0.3 is 14.2 Å². The van der Waals surface area contributed by atoms with Gasteiger partial charge in [0.25, 0.3) is 0 Å². The molecule has 0 radical (unpaired) electrons. The van der Waals surface area contributed by atoms with Crippen LogP contribution in [-0.2, 0) is 23.8 Å². The molecule has 0 aliphatic rings. The highest BCUT2D eigenvalue weighted by Gasteiger charge is 2.09. The van der Waals surface area contributed by atoms with Gasteiger partial charge in [0.15, 0.2) is 0 Å². The molecule has 0 aromatic rings. The molecule has 148 valence electrons. The van der Waals surface area contributed by atoms with E-state index < -0.39 is 11.9 Å². The topological polar surface area (TPSA) is 61.8 Å². The molecule has 5 nitrogen and oxygen atoms in total. The first-order valence-electron chi connectivity index (χ1n) is 9.84. The van der Waals surface area contributed by atoms with Gasteiger partial charge in [0.1, 0.15) is 13.2 Å². The van der Waals surface area contributed by atoms with Crippen molar-refractivity contribution in [2.75, 3.05) is 26.4 Å². The van der Waals surface area contributed by atoms with Gasteiger partial charge in [0.05, 0.1) is 13.2 Å². The standard InChI is InChI=1S/C20H38O5/c1-5-6-7-8-13-24-19(21)15-23-16-20(22)25-14-12-18(4)11-9-10-17(2)3/h17-18H,5-16H2,1-4H3. The van der Waals surface area contributed by atoms with E-state index in [-0.39, 0.29) is 13.2 Å². The molecule has 0 aromatic heterocycles. The SMILES string of the molecule is CCCCCCOC(=O)COCC(=O)OCCC(C)CCCC(C)C. The number of hydrogen-bond acceptors (Lipinski definition) is 5. The molecule has 1 unspecified atom stereocenters. The molecule has 0 saturated carbocycles. The smallest absolute Gasteiger partial charge is 0.332 e. The molecule has 0 rings (SSSR count). The summed E-state index contributed by atoms with van der Waals surface area (Å²) in [7, 11) is 0. The van der Waals surface area contributed by atoms with E-state index in [2.05, 4.69) is 27.7 Å². The number of esters is 2. The summed E-state index contributed by atoms with van der Waals surface area (Å²) < 4.78 is 15.2. The Kier molecular flexibility index (Phi) is 15.7. The molecule has 0 aliphatic carbocycles. The lowest BCUT2D eigenvalue weighted by Crippen LogP contribution is -2.19. The third-order valence-electron chi connectivity index (χ3n) is 4.05. The minimum atomic E-state index is -0.428. The molecule has 0 fully saturated rings. The second-order valence-electron chi connectivity index (χ2n) is 7.21. The first kappa shape index (κ1) is 23.9. The number of carbonyl (C=O) groups is 2. The van der Waals surface area contributed by atoms with Crippen molar-refractivity contribution >= 4 is 11.9 Å². The number of ether oxygens (including phenoxy) is 3. The number of unbranched alkanes of at least 4 members (excludes halogenated alkanes) is 3. The average Bonchev–Trinajstić information content (AvgIpc) is 2.54. The van der Waals surface area contributed by atoms with Gasteiger partial charge in [-0.3, -0.25) is 0 Å². The van der Waals surface area contributed by atoms with Crippen LogP contribution in [0.5, 0.6) is 0 Å². The predicted molar refractivity (Wildman–Crippen MR) is 99.3 cm³/mol.